The second-order valence-corrected chi connectivity index (χ2v) is 1.55. The molecule has 6 heteroatoms. The maximum absolute atomic E-state index is 4.85. The summed E-state index contributed by atoms with van der Waals surface area (Å²) in [4.78, 5) is 0. The molecule has 0 spiro atoms. The maximum atomic E-state index is 4.85. The summed E-state index contributed by atoms with van der Waals surface area (Å²) in [6, 6.07) is 0. The van der Waals surface area contributed by atoms with Crippen LogP contribution < -0.4 is 0 Å². The van der Waals surface area contributed by atoms with Gasteiger partial charge in [-0.3, -0.25) is 0 Å². The van der Waals surface area contributed by atoms with Gasteiger partial charge in [0, 0.05) is 0 Å². The molecule has 2 radical (unpaired) electrons. The van der Waals surface area contributed by atoms with Gasteiger partial charge >= 0.3 is 22.5 Å². The van der Waals surface area contributed by atoms with Crippen LogP contribution >= 0.6 is 0 Å². The summed E-state index contributed by atoms with van der Waals surface area (Å²) in [6.07, 6.45) is 2.38. The molecule has 1 fully saturated rings. The summed E-state index contributed by atoms with van der Waals surface area (Å²) in [7, 11) is 2.21. The van der Waals surface area contributed by atoms with E-state index in [0.717, 1.165) is 0 Å². The van der Waals surface area contributed by atoms with Crippen molar-refractivity contribution in [3.8, 4) is 0 Å². The summed E-state index contributed by atoms with van der Waals surface area (Å²) in [5.74, 6) is 0. The van der Waals surface area contributed by atoms with E-state index in [-0.39, 0.29) is 7.12 Å². The minimum absolute atomic E-state index is 0.253. The Bertz CT molecular complexity index is 92.3. The number of hydrogen-bond acceptors (Lipinski definition) is 3. The zero-order valence-electron chi connectivity index (χ0n) is 4.95. The fourth-order valence-corrected chi connectivity index (χ4v) is 0.490. The molecule has 0 N–H and O–H groups in total. The van der Waals surface area contributed by atoms with Crippen molar-refractivity contribution in [1.29, 1.82) is 0 Å². The molecule has 0 aromatic carbocycles. The Labute approximate surface area is 56.1 Å². The molecular formula is C3H5B3O3. The fourth-order valence-electron chi connectivity index (χ4n) is 0.490. The quantitative estimate of drug-likeness (QED) is 0.374. The van der Waals surface area contributed by atoms with Gasteiger partial charge in [-0.05, 0) is 6.32 Å². The minimum Gasteiger partial charge on any atom is -0.457 e. The van der Waals surface area contributed by atoms with E-state index in [1.165, 1.54) is 15.4 Å². The molecule has 0 saturated carbocycles. The third kappa shape index (κ3) is 2.26. The van der Waals surface area contributed by atoms with Crippen LogP contribution in [-0.4, -0.2) is 22.5 Å². The van der Waals surface area contributed by atoms with Crippen LogP contribution in [-0.2, 0) is 13.7 Å². The van der Waals surface area contributed by atoms with Crippen molar-refractivity contribution in [3.63, 3.8) is 0 Å². The van der Waals surface area contributed by atoms with E-state index in [9.17, 15) is 0 Å². The number of hydrogen-bond donors (Lipinski definition) is 0. The first-order chi connectivity index (χ1) is 4.43. The van der Waals surface area contributed by atoms with Crippen molar-refractivity contribution in [1.82, 2.24) is 0 Å². The third-order valence-electron chi connectivity index (χ3n) is 0.885. The van der Waals surface area contributed by atoms with Crippen LogP contribution in [0.25, 0.3) is 0 Å². The Kier molecular flexibility index (Phi) is 2.90. The average Bonchev–Trinajstić information content (AvgIpc) is 1.91. The molecular weight excluding hydrogens is 116 g/mol. The highest BCUT2D eigenvalue weighted by molar-refractivity contribution is 6.61. The lowest BCUT2D eigenvalue weighted by molar-refractivity contribution is 0.325. The molecule has 1 rings (SSSR count). The minimum atomic E-state index is -0.253. The summed E-state index contributed by atoms with van der Waals surface area (Å²) < 4.78 is 14.2. The van der Waals surface area contributed by atoms with Crippen molar-refractivity contribution in [2.45, 2.75) is 6.32 Å². The molecule has 0 amide bonds. The zero-order chi connectivity index (χ0) is 6.53. The van der Waals surface area contributed by atoms with Crippen LogP contribution in [0.1, 0.15) is 0 Å². The topological polar surface area (TPSA) is 27.7 Å². The Hall–Kier alpha value is -0.185. The van der Waals surface area contributed by atoms with Crippen molar-refractivity contribution in [3.05, 3.63) is 12.7 Å². The predicted molar refractivity (Wildman–Crippen MR) is 35.5 cm³/mol. The highest BCUT2D eigenvalue weighted by Gasteiger charge is 2.21. The lowest BCUT2D eigenvalue weighted by atomic mass is 9.80. The highest BCUT2D eigenvalue weighted by atomic mass is 16.7. The predicted octanol–water partition coefficient (Wildman–Crippen LogP) is -0.208. The Morgan fingerprint density at radius 1 is 1.44 bits per heavy atom. The van der Waals surface area contributed by atoms with E-state index in [1.54, 1.807) is 6.08 Å². The molecule has 1 heterocycles. The Balaban J connectivity index is 2.15. The van der Waals surface area contributed by atoms with Gasteiger partial charge in [0.25, 0.3) is 0 Å². The van der Waals surface area contributed by atoms with Gasteiger partial charge < -0.3 is 13.7 Å². The number of rotatable bonds is 2. The molecule has 1 aliphatic heterocycles. The van der Waals surface area contributed by atoms with Crippen molar-refractivity contribution in [2.75, 3.05) is 0 Å². The second-order valence-electron chi connectivity index (χ2n) is 1.55. The lowest BCUT2D eigenvalue weighted by Crippen LogP contribution is -2.34. The van der Waals surface area contributed by atoms with Crippen molar-refractivity contribution in [2.24, 2.45) is 0 Å². The van der Waals surface area contributed by atoms with Crippen LogP contribution in [0.5, 0.6) is 0 Å². The summed E-state index contributed by atoms with van der Waals surface area (Å²) >= 11 is 0. The van der Waals surface area contributed by atoms with Crippen LogP contribution in [0.2, 0.25) is 6.32 Å². The normalized spacial score (nSPS) is 18.0. The smallest absolute Gasteiger partial charge is 0.457 e. The van der Waals surface area contributed by atoms with Crippen LogP contribution in [0.4, 0.5) is 0 Å². The van der Waals surface area contributed by atoms with E-state index < -0.39 is 0 Å². The number of allylic oxidation sites excluding steroid dienone is 1. The summed E-state index contributed by atoms with van der Waals surface area (Å²) in [5.41, 5.74) is 0. The third-order valence-corrected chi connectivity index (χ3v) is 0.885. The van der Waals surface area contributed by atoms with Crippen LogP contribution in [0.3, 0.4) is 0 Å². The van der Waals surface area contributed by atoms with E-state index in [0.29, 0.717) is 6.32 Å². The van der Waals surface area contributed by atoms with Crippen molar-refractivity contribution < 1.29 is 13.7 Å². The van der Waals surface area contributed by atoms with Crippen LogP contribution in [0, 0.1) is 0 Å². The fraction of sp³-hybridized carbons (Fsp3) is 0.333. The average molecular weight is 122 g/mol. The van der Waals surface area contributed by atoms with Gasteiger partial charge in [0.15, 0.2) is 0 Å². The molecule has 3 nitrogen and oxygen atoms in total. The van der Waals surface area contributed by atoms with E-state index in [1.807, 2.05) is 0 Å². The van der Waals surface area contributed by atoms with Gasteiger partial charge in [-0.1, -0.05) is 6.08 Å². The highest BCUT2D eigenvalue weighted by Crippen LogP contribution is 1.99. The SMILES string of the molecule is C=CCB1O[B]O[B]O1. The van der Waals surface area contributed by atoms with Gasteiger partial charge in [-0.25, -0.2) is 0 Å². The van der Waals surface area contributed by atoms with Gasteiger partial charge in [-0.15, -0.1) is 6.58 Å². The first kappa shape index (κ1) is 6.93. The molecule has 0 aromatic rings. The first-order valence-corrected chi connectivity index (χ1v) is 2.64. The summed E-state index contributed by atoms with van der Waals surface area (Å²) in [6.45, 7) is 3.53. The maximum Gasteiger partial charge on any atom is 0.458 e. The van der Waals surface area contributed by atoms with Crippen molar-refractivity contribution >= 4 is 22.5 Å². The second kappa shape index (κ2) is 3.77. The lowest BCUT2D eigenvalue weighted by Gasteiger charge is -2.16. The molecule has 9 heavy (non-hydrogen) atoms. The molecule has 0 aromatic heterocycles. The molecule has 0 bridgehead atoms. The first-order valence-electron chi connectivity index (χ1n) is 2.64. The zero-order valence-corrected chi connectivity index (χ0v) is 4.95. The van der Waals surface area contributed by atoms with Gasteiger partial charge in [0.2, 0.25) is 0 Å². The molecule has 1 saturated heterocycles. The van der Waals surface area contributed by atoms with E-state index in [4.69, 9.17) is 9.14 Å². The standard InChI is InChI=1S/C3H5B3O3/c1-2-3-6-8-4-7-5-9-6/h2H,1,3H2. The monoisotopic (exact) mass is 122 g/mol. The largest absolute Gasteiger partial charge is 0.458 e. The summed E-state index contributed by atoms with van der Waals surface area (Å²) in [5, 5.41) is 0. The Morgan fingerprint density at radius 2 is 2.11 bits per heavy atom. The molecule has 0 unspecified atom stereocenters. The van der Waals surface area contributed by atoms with Gasteiger partial charge in [-0.2, -0.15) is 0 Å². The van der Waals surface area contributed by atoms with E-state index in [2.05, 4.69) is 11.2 Å². The molecule has 44 valence electrons. The van der Waals surface area contributed by atoms with Gasteiger partial charge in [0.05, 0.1) is 0 Å². The molecule has 0 atom stereocenters. The Morgan fingerprint density at radius 3 is 2.67 bits per heavy atom. The molecule has 1 aliphatic rings. The van der Waals surface area contributed by atoms with Gasteiger partial charge in [0.1, 0.15) is 0 Å². The molecule has 0 aliphatic carbocycles. The van der Waals surface area contributed by atoms with E-state index >= 15 is 0 Å². The van der Waals surface area contributed by atoms with Crippen LogP contribution in [0.15, 0.2) is 12.7 Å².